The number of nitrogens with zero attached hydrogens (tertiary/aromatic N) is 4. The summed E-state index contributed by atoms with van der Waals surface area (Å²) in [6.07, 6.45) is 5.69. The summed E-state index contributed by atoms with van der Waals surface area (Å²) in [7, 11) is 1.74. The second kappa shape index (κ2) is 11.4. The summed E-state index contributed by atoms with van der Waals surface area (Å²) in [5, 5.41) is 10.7. The Kier molecular flexibility index (Phi) is 8.68. The van der Waals surface area contributed by atoms with Gasteiger partial charge in [0.1, 0.15) is 5.82 Å². The van der Waals surface area contributed by atoms with Crippen LogP contribution in [0.15, 0.2) is 35.1 Å². The number of halogens is 1. The minimum Gasteiger partial charge on any atom is -0.478 e. The van der Waals surface area contributed by atoms with Crippen molar-refractivity contribution in [2.75, 3.05) is 24.5 Å². The lowest BCUT2D eigenvalue weighted by Crippen LogP contribution is -2.29. The predicted octanol–water partition coefficient (Wildman–Crippen LogP) is 5.06. The number of benzene rings is 2. The molecule has 0 fully saturated rings. The van der Waals surface area contributed by atoms with Gasteiger partial charge in [0.2, 0.25) is 0 Å². The number of rotatable bonds is 9. The van der Waals surface area contributed by atoms with Gasteiger partial charge in [-0.2, -0.15) is 0 Å². The van der Waals surface area contributed by atoms with E-state index in [-0.39, 0.29) is 23.1 Å². The fraction of sp³-hybridized carbons (Fsp3) is 0.414. The van der Waals surface area contributed by atoms with Crippen molar-refractivity contribution in [2.24, 2.45) is 7.05 Å². The van der Waals surface area contributed by atoms with Crippen LogP contribution in [0.3, 0.4) is 0 Å². The molecule has 0 atom stereocenters. The molecule has 1 heterocycles. The Morgan fingerprint density at radius 3 is 2.41 bits per heavy atom. The van der Waals surface area contributed by atoms with Gasteiger partial charge in [-0.05, 0) is 60.0 Å². The Balaban J connectivity index is 2.06. The highest BCUT2D eigenvalue weighted by atomic mass is 35.5. The van der Waals surface area contributed by atoms with E-state index in [0.717, 1.165) is 24.3 Å². The second-order valence-electron chi connectivity index (χ2n) is 10.2. The number of aromatic nitrogens is 2. The van der Waals surface area contributed by atoms with Crippen LogP contribution in [-0.4, -0.2) is 45.2 Å². The first-order valence-corrected chi connectivity index (χ1v) is 12.8. The van der Waals surface area contributed by atoms with Gasteiger partial charge in [-0.1, -0.05) is 52.1 Å². The third-order valence-electron chi connectivity index (χ3n) is 6.65. The lowest BCUT2D eigenvalue weighted by atomic mass is 9.83. The molecule has 0 saturated heterocycles. The van der Waals surface area contributed by atoms with Gasteiger partial charge in [-0.3, -0.25) is 14.3 Å². The van der Waals surface area contributed by atoms with Gasteiger partial charge in [-0.15, -0.1) is 6.42 Å². The van der Waals surface area contributed by atoms with Gasteiger partial charge in [0, 0.05) is 24.3 Å². The zero-order valence-electron chi connectivity index (χ0n) is 22.4. The van der Waals surface area contributed by atoms with Crippen molar-refractivity contribution in [3.05, 3.63) is 68.2 Å². The van der Waals surface area contributed by atoms with E-state index in [9.17, 15) is 14.7 Å². The van der Waals surface area contributed by atoms with Crippen LogP contribution in [0.4, 0.5) is 5.69 Å². The molecule has 0 aliphatic carbocycles. The number of hydrogen-bond acceptors (Lipinski definition) is 5. The average molecular weight is 523 g/mol. The van der Waals surface area contributed by atoms with Gasteiger partial charge in [0.25, 0.3) is 5.56 Å². The highest BCUT2D eigenvalue weighted by Gasteiger charge is 2.23. The van der Waals surface area contributed by atoms with Crippen LogP contribution in [0.5, 0.6) is 0 Å². The molecule has 3 aromatic rings. The van der Waals surface area contributed by atoms with Crippen molar-refractivity contribution in [1.82, 2.24) is 14.5 Å². The number of carboxylic acids is 1. The number of fused-ring (bicyclic) bond motifs is 1. The zero-order chi connectivity index (χ0) is 27.5. The lowest BCUT2D eigenvalue weighted by Gasteiger charge is -2.27. The van der Waals surface area contributed by atoms with Crippen molar-refractivity contribution in [3.63, 3.8) is 0 Å². The molecule has 8 heteroatoms. The van der Waals surface area contributed by atoms with Gasteiger partial charge in [0.05, 0.1) is 29.6 Å². The minimum atomic E-state index is -0.971. The monoisotopic (exact) mass is 522 g/mol. The molecule has 1 N–H and O–H groups in total. The van der Waals surface area contributed by atoms with Crippen molar-refractivity contribution in [2.45, 2.75) is 53.1 Å². The summed E-state index contributed by atoms with van der Waals surface area (Å²) in [4.78, 5) is 34.0. The van der Waals surface area contributed by atoms with E-state index >= 15 is 0 Å². The topological polar surface area (TPSA) is 78.7 Å². The smallest absolute Gasteiger partial charge is 0.335 e. The van der Waals surface area contributed by atoms with Crippen LogP contribution in [0, 0.1) is 12.3 Å². The van der Waals surface area contributed by atoms with Crippen molar-refractivity contribution in [1.29, 1.82) is 0 Å². The van der Waals surface area contributed by atoms with Gasteiger partial charge >= 0.3 is 5.97 Å². The summed E-state index contributed by atoms with van der Waals surface area (Å²) < 4.78 is 1.60. The molecule has 1 aromatic heterocycles. The molecule has 0 amide bonds. The summed E-state index contributed by atoms with van der Waals surface area (Å²) in [6.45, 7) is 13.0. The number of carboxylic acid groups (broad SMARTS) is 1. The van der Waals surface area contributed by atoms with E-state index in [2.05, 4.69) is 24.7 Å². The number of anilines is 1. The van der Waals surface area contributed by atoms with E-state index in [0.29, 0.717) is 40.4 Å². The minimum absolute atomic E-state index is 0.130. The van der Waals surface area contributed by atoms with Gasteiger partial charge in [-0.25, -0.2) is 9.78 Å². The SMILES string of the molecule is C#CCN(Cc1cc2c(=O)n(C)c(CN(CC)CC)nc2cc1Cl)c1ccc(C(=O)O)c(C(C)(C)C)c1. The maximum Gasteiger partial charge on any atom is 0.335 e. The molecule has 2 aromatic carbocycles. The normalized spacial score (nSPS) is 11.6. The molecule has 196 valence electrons. The number of carbonyl (C=O) groups is 1. The largest absolute Gasteiger partial charge is 0.478 e. The molecule has 0 radical (unpaired) electrons. The van der Waals surface area contributed by atoms with Gasteiger partial charge < -0.3 is 10.0 Å². The highest BCUT2D eigenvalue weighted by Crippen LogP contribution is 2.32. The molecule has 0 aliphatic heterocycles. The Labute approximate surface area is 223 Å². The number of hydrogen-bond donors (Lipinski definition) is 1. The second-order valence-corrected chi connectivity index (χ2v) is 10.6. The molecule has 0 unspecified atom stereocenters. The van der Waals surface area contributed by atoms with Crippen molar-refractivity contribution >= 4 is 34.2 Å². The molecule has 0 bridgehead atoms. The zero-order valence-corrected chi connectivity index (χ0v) is 23.2. The quantitative estimate of drug-likeness (QED) is 0.395. The van der Waals surface area contributed by atoms with Crippen LogP contribution in [0.2, 0.25) is 5.02 Å². The Hall–Kier alpha value is -3.34. The fourth-order valence-electron chi connectivity index (χ4n) is 4.38. The van der Waals surface area contributed by atoms with E-state index in [4.69, 9.17) is 23.0 Å². The molecule has 0 saturated carbocycles. The van der Waals surface area contributed by atoms with E-state index in [1.54, 1.807) is 35.9 Å². The third kappa shape index (κ3) is 6.15. The predicted molar refractivity (Wildman–Crippen MR) is 151 cm³/mol. The third-order valence-corrected chi connectivity index (χ3v) is 7.00. The maximum absolute atomic E-state index is 13.3. The van der Waals surface area contributed by atoms with Crippen LogP contribution in [-0.2, 0) is 25.6 Å². The van der Waals surface area contributed by atoms with Crippen LogP contribution in [0.1, 0.15) is 61.9 Å². The van der Waals surface area contributed by atoms with Crippen LogP contribution >= 0.6 is 11.6 Å². The average Bonchev–Trinajstić information content (AvgIpc) is 2.85. The molecular formula is C29H35ClN4O3. The van der Waals surface area contributed by atoms with Crippen molar-refractivity contribution < 1.29 is 9.90 Å². The van der Waals surface area contributed by atoms with Crippen LogP contribution < -0.4 is 10.5 Å². The Morgan fingerprint density at radius 2 is 1.84 bits per heavy atom. The molecule has 0 spiro atoms. The summed E-state index contributed by atoms with van der Waals surface area (Å²) in [6, 6.07) is 8.76. The summed E-state index contributed by atoms with van der Waals surface area (Å²) in [5.41, 5.74) is 2.54. The first kappa shape index (κ1) is 28.2. The van der Waals surface area contributed by atoms with E-state index < -0.39 is 5.97 Å². The molecule has 7 nitrogen and oxygen atoms in total. The van der Waals surface area contributed by atoms with E-state index in [1.165, 1.54) is 0 Å². The van der Waals surface area contributed by atoms with Gasteiger partial charge in [0.15, 0.2) is 0 Å². The lowest BCUT2D eigenvalue weighted by molar-refractivity contribution is 0.0694. The number of terminal acetylenes is 1. The summed E-state index contributed by atoms with van der Waals surface area (Å²) >= 11 is 6.70. The molecule has 0 aliphatic rings. The molecule has 3 rings (SSSR count). The Bertz CT molecular complexity index is 1410. The first-order chi connectivity index (χ1) is 17.4. The fourth-order valence-corrected chi connectivity index (χ4v) is 4.60. The highest BCUT2D eigenvalue weighted by molar-refractivity contribution is 6.32. The summed E-state index contributed by atoms with van der Waals surface area (Å²) in [5.74, 6) is 2.40. The molecule has 37 heavy (non-hydrogen) atoms. The molecular weight excluding hydrogens is 488 g/mol. The van der Waals surface area contributed by atoms with Crippen LogP contribution in [0.25, 0.3) is 10.9 Å². The Morgan fingerprint density at radius 1 is 1.16 bits per heavy atom. The maximum atomic E-state index is 13.3. The first-order valence-electron chi connectivity index (χ1n) is 12.4. The number of aromatic carboxylic acids is 1. The standard InChI is InChI=1S/C29H35ClN4O3/c1-8-13-34(20-11-12-21(28(36)37)23(15-20)29(4,5)6)17-19-14-22-25(16-24(19)30)31-26(32(7)27(22)35)18-33(9-2)10-3/h1,11-12,14-16H,9-10,13,17-18H2,2-7H3,(H,36,37). The van der Waals surface area contributed by atoms with E-state index in [1.807, 2.05) is 31.7 Å². The van der Waals surface area contributed by atoms with Crippen molar-refractivity contribution in [3.8, 4) is 12.3 Å².